The maximum absolute atomic E-state index is 10.6. The van der Waals surface area contributed by atoms with Gasteiger partial charge in [-0.1, -0.05) is 25.7 Å². The fourth-order valence-electron chi connectivity index (χ4n) is 1.26. The summed E-state index contributed by atoms with van der Waals surface area (Å²) < 4.78 is 0. The molecule has 0 amide bonds. The Morgan fingerprint density at radius 3 is 2.21 bits per heavy atom. The summed E-state index contributed by atoms with van der Waals surface area (Å²) in [6.45, 7) is 0. The minimum atomic E-state index is -0.342. The van der Waals surface area contributed by atoms with Crippen LogP contribution in [0.1, 0.15) is 51.4 Å². The van der Waals surface area contributed by atoms with Crippen molar-refractivity contribution in [3.8, 4) is 0 Å². The molecule has 82 valence electrons. The molecular weight excluding hydrogens is 182 g/mol. The van der Waals surface area contributed by atoms with Gasteiger partial charge in [-0.05, 0) is 12.8 Å². The van der Waals surface area contributed by atoms with Crippen molar-refractivity contribution in [2.45, 2.75) is 51.4 Å². The number of carbonyl (C=O) groups is 2. The summed E-state index contributed by atoms with van der Waals surface area (Å²) in [6.07, 6.45) is 8.21. The Labute approximate surface area is 84.8 Å². The molecule has 0 unspecified atom stereocenters. The third-order valence-electron chi connectivity index (χ3n) is 2.08. The SMILES string of the molecule is NOC(=O)CCCCCCCCC=O. The van der Waals surface area contributed by atoms with Crippen molar-refractivity contribution in [2.75, 3.05) is 0 Å². The van der Waals surface area contributed by atoms with Crippen molar-refractivity contribution in [3.63, 3.8) is 0 Å². The molecule has 0 bridgehead atoms. The second kappa shape index (κ2) is 10.2. The Morgan fingerprint density at radius 1 is 1.07 bits per heavy atom. The summed E-state index contributed by atoms with van der Waals surface area (Å²) in [6, 6.07) is 0. The van der Waals surface area contributed by atoms with Gasteiger partial charge in [-0.3, -0.25) is 4.79 Å². The molecule has 4 heteroatoms. The maximum atomic E-state index is 10.6. The zero-order chi connectivity index (χ0) is 10.6. The standard InChI is InChI=1S/C10H19NO3/c11-14-10(13)8-6-4-2-1-3-5-7-9-12/h9H,1-8,11H2. The molecule has 0 spiro atoms. The zero-order valence-electron chi connectivity index (χ0n) is 8.54. The van der Waals surface area contributed by atoms with Crippen molar-refractivity contribution >= 4 is 12.3 Å². The highest BCUT2D eigenvalue weighted by Crippen LogP contribution is 2.08. The van der Waals surface area contributed by atoms with E-state index in [9.17, 15) is 9.59 Å². The molecule has 14 heavy (non-hydrogen) atoms. The van der Waals surface area contributed by atoms with Crippen LogP contribution in [0.15, 0.2) is 0 Å². The van der Waals surface area contributed by atoms with E-state index in [0.717, 1.165) is 44.8 Å². The lowest BCUT2D eigenvalue weighted by atomic mass is 10.1. The van der Waals surface area contributed by atoms with Crippen LogP contribution in [-0.4, -0.2) is 12.3 Å². The van der Waals surface area contributed by atoms with Gasteiger partial charge in [-0.2, -0.15) is 5.90 Å². The van der Waals surface area contributed by atoms with E-state index in [4.69, 9.17) is 0 Å². The molecule has 4 nitrogen and oxygen atoms in total. The predicted octanol–water partition coefficient (Wildman–Crippen LogP) is 1.72. The molecule has 2 N–H and O–H groups in total. The van der Waals surface area contributed by atoms with Crippen molar-refractivity contribution in [1.82, 2.24) is 0 Å². The number of carbonyl (C=O) groups excluding carboxylic acids is 2. The maximum Gasteiger partial charge on any atom is 0.324 e. The normalized spacial score (nSPS) is 9.79. The molecular formula is C10H19NO3. The lowest BCUT2D eigenvalue weighted by molar-refractivity contribution is -0.144. The van der Waals surface area contributed by atoms with Gasteiger partial charge in [-0.15, -0.1) is 0 Å². The van der Waals surface area contributed by atoms with E-state index in [0.29, 0.717) is 12.8 Å². The molecule has 0 rings (SSSR count). The second-order valence-electron chi connectivity index (χ2n) is 3.32. The summed E-state index contributed by atoms with van der Waals surface area (Å²) >= 11 is 0. The van der Waals surface area contributed by atoms with E-state index in [2.05, 4.69) is 10.7 Å². The van der Waals surface area contributed by atoms with E-state index in [1.807, 2.05) is 0 Å². The molecule has 0 aliphatic carbocycles. The van der Waals surface area contributed by atoms with Crippen molar-refractivity contribution < 1.29 is 14.4 Å². The first-order valence-electron chi connectivity index (χ1n) is 5.14. The molecule has 0 atom stereocenters. The number of nitrogens with two attached hydrogens (primary N) is 1. The minimum absolute atomic E-state index is 0.342. The predicted molar refractivity (Wildman–Crippen MR) is 53.3 cm³/mol. The van der Waals surface area contributed by atoms with Gasteiger partial charge in [0.1, 0.15) is 6.29 Å². The Kier molecular flexibility index (Phi) is 9.53. The highest BCUT2D eigenvalue weighted by molar-refractivity contribution is 5.68. The van der Waals surface area contributed by atoms with Crippen LogP contribution in [0.25, 0.3) is 0 Å². The Morgan fingerprint density at radius 2 is 1.64 bits per heavy atom. The second-order valence-corrected chi connectivity index (χ2v) is 3.32. The third-order valence-corrected chi connectivity index (χ3v) is 2.08. The quantitative estimate of drug-likeness (QED) is 0.350. The number of aldehydes is 1. The van der Waals surface area contributed by atoms with Gasteiger partial charge in [0.25, 0.3) is 0 Å². The van der Waals surface area contributed by atoms with Crippen molar-refractivity contribution in [2.24, 2.45) is 5.90 Å². The molecule has 0 aliphatic rings. The first-order chi connectivity index (χ1) is 6.81. The van der Waals surface area contributed by atoms with Gasteiger partial charge in [0.05, 0.1) is 0 Å². The van der Waals surface area contributed by atoms with Gasteiger partial charge < -0.3 is 9.63 Å². The molecule has 0 aromatic heterocycles. The van der Waals surface area contributed by atoms with Crippen LogP contribution in [0, 0.1) is 0 Å². The average Bonchev–Trinajstić information content (AvgIpc) is 2.21. The number of hydrogen-bond acceptors (Lipinski definition) is 4. The molecule has 0 aromatic rings. The first kappa shape index (κ1) is 13.1. The van der Waals surface area contributed by atoms with E-state index < -0.39 is 0 Å². The monoisotopic (exact) mass is 201 g/mol. The largest absolute Gasteiger partial charge is 0.373 e. The van der Waals surface area contributed by atoms with Crippen LogP contribution in [0.5, 0.6) is 0 Å². The fraction of sp³-hybridized carbons (Fsp3) is 0.800. The summed E-state index contributed by atoms with van der Waals surface area (Å²) in [4.78, 5) is 24.6. The number of hydrogen-bond donors (Lipinski definition) is 1. The molecule has 0 fully saturated rings. The number of unbranched alkanes of at least 4 members (excludes halogenated alkanes) is 6. The molecule has 0 aromatic carbocycles. The highest BCUT2D eigenvalue weighted by atomic mass is 16.7. The lowest BCUT2D eigenvalue weighted by Gasteiger charge is -1.99. The van der Waals surface area contributed by atoms with Crippen LogP contribution in [0.2, 0.25) is 0 Å². The topological polar surface area (TPSA) is 69.4 Å². The highest BCUT2D eigenvalue weighted by Gasteiger charge is 1.99. The Balaban J connectivity index is 2.98. The Bertz CT molecular complexity index is 159. The van der Waals surface area contributed by atoms with E-state index in [-0.39, 0.29) is 5.97 Å². The molecule has 0 aliphatic heterocycles. The van der Waals surface area contributed by atoms with Crippen LogP contribution in [-0.2, 0) is 14.4 Å². The fourth-order valence-corrected chi connectivity index (χ4v) is 1.26. The van der Waals surface area contributed by atoms with Crippen molar-refractivity contribution in [1.29, 1.82) is 0 Å². The zero-order valence-corrected chi connectivity index (χ0v) is 8.54. The van der Waals surface area contributed by atoms with Gasteiger partial charge in [0.15, 0.2) is 0 Å². The molecule has 0 heterocycles. The summed E-state index contributed by atoms with van der Waals surface area (Å²) in [5.41, 5.74) is 0. The average molecular weight is 201 g/mol. The van der Waals surface area contributed by atoms with Crippen LogP contribution >= 0.6 is 0 Å². The molecule has 0 radical (unpaired) electrons. The van der Waals surface area contributed by atoms with Crippen LogP contribution in [0.3, 0.4) is 0 Å². The Hall–Kier alpha value is -0.900. The van der Waals surface area contributed by atoms with Gasteiger partial charge in [0, 0.05) is 12.8 Å². The molecule has 0 saturated heterocycles. The first-order valence-corrected chi connectivity index (χ1v) is 5.14. The summed E-state index contributed by atoms with van der Waals surface area (Å²) in [7, 11) is 0. The van der Waals surface area contributed by atoms with Crippen LogP contribution < -0.4 is 5.90 Å². The van der Waals surface area contributed by atoms with E-state index in [1.54, 1.807) is 0 Å². The molecule has 0 saturated carbocycles. The van der Waals surface area contributed by atoms with Gasteiger partial charge >= 0.3 is 5.97 Å². The minimum Gasteiger partial charge on any atom is -0.373 e. The lowest BCUT2D eigenvalue weighted by Crippen LogP contribution is -2.08. The van der Waals surface area contributed by atoms with Crippen LogP contribution in [0.4, 0.5) is 0 Å². The number of rotatable bonds is 9. The van der Waals surface area contributed by atoms with Gasteiger partial charge in [-0.25, -0.2) is 0 Å². The smallest absolute Gasteiger partial charge is 0.324 e. The van der Waals surface area contributed by atoms with E-state index >= 15 is 0 Å². The summed E-state index contributed by atoms with van der Waals surface area (Å²) in [5, 5.41) is 0. The summed E-state index contributed by atoms with van der Waals surface area (Å²) in [5.74, 6) is 4.34. The van der Waals surface area contributed by atoms with Gasteiger partial charge in [0.2, 0.25) is 0 Å². The van der Waals surface area contributed by atoms with E-state index in [1.165, 1.54) is 0 Å². The third kappa shape index (κ3) is 9.19. The van der Waals surface area contributed by atoms with Crippen molar-refractivity contribution in [3.05, 3.63) is 0 Å².